The van der Waals surface area contributed by atoms with Gasteiger partial charge in [-0.25, -0.2) is 9.97 Å². The molecule has 28 heavy (non-hydrogen) atoms. The second-order valence-electron chi connectivity index (χ2n) is 7.84. The zero-order valence-corrected chi connectivity index (χ0v) is 17.5. The molecular weight excluding hydrogens is 390 g/mol. The Labute approximate surface area is 172 Å². The number of rotatable bonds is 6. The summed E-state index contributed by atoms with van der Waals surface area (Å²) in [6.07, 6.45) is 7.44. The number of carbonyl (C=O) groups excluding carboxylic acids is 1. The topological polar surface area (TPSA) is 68.0 Å². The fourth-order valence-electron chi connectivity index (χ4n) is 3.74. The van der Waals surface area contributed by atoms with E-state index in [0.717, 1.165) is 40.2 Å². The first-order valence-corrected chi connectivity index (χ1v) is 11.7. The quantitative estimate of drug-likeness (QED) is 0.469. The Bertz CT molecular complexity index is 1010. The molecule has 1 fully saturated rings. The summed E-state index contributed by atoms with van der Waals surface area (Å²) in [4.78, 5) is 24.7. The van der Waals surface area contributed by atoms with E-state index in [1.807, 2.05) is 23.5 Å². The SMILES string of the molecule is C[C@H]1CCc2c(sc3nc(C4CC4)nc(SCC(=O)NCc4ccco4)c23)C1. The van der Waals surface area contributed by atoms with Gasteiger partial charge in [-0.3, -0.25) is 4.79 Å². The van der Waals surface area contributed by atoms with Crippen molar-refractivity contribution in [2.24, 2.45) is 5.92 Å². The Balaban J connectivity index is 1.38. The molecule has 0 radical (unpaired) electrons. The molecule has 5 rings (SSSR count). The smallest absolute Gasteiger partial charge is 0.230 e. The summed E-state index contributed by atoms with van der Waals surface area (Å²) in [7, 11) is 0. The number of thiophene rings is 1. The lowest BCUT2D eigenvalue weighted by atomic mass is 9.89. The molecule has 1 amide bonds. The zero-order valence-electron chi connectivity index (χ0n) is 15.9. The summed E-state index contributed by atoms with van der Waals surface area (Å²) in [5.74, 6) is 3.34. The van der Waals surface area contributed by atoms with E-state index in [0.29, 0.717) is 18.2 Å². The molecule has 0 saturated heterocycles. The number of hydrogen-bond donors (Lipinski definition) is 1. The Kier molecular flexibility index (Phi) is 4.88. The van der Waals surface area contributed by atoms with Gasteiger partial charge in [0.25, 0.3) is 0 Å². The van der Waals surface area contributed by atoms with Gasteiger partial charge in [0.05, 0.1) is 18.6 Å². The predicted molar refractivity (Wildman–Crippen MR) is 112 cm³/mol. The molecule has 5 nitrogen and oxygen atoms in total. The fourth-order valence-corrected chi connectivity index (χ4v) is 6.08. The van der Waals surface area contributed by atoms with E-state index in [-0.39, 0.29) is 5.91 Å². The van der Waals surface area contributed by atoms with Crippen molar-refractivity contribution in [3.05, 3.63) is 40.4 Å². The van der Waals surface area contributed by atoms with Gasteiger partial charge in [-0.05, 0) is 55.7 Å². The number of hydrogen-bond acceptors (Lipinski definition) is 6. The van der Waals surface area contributed by atoms with E-state index in [1.54, 1.807) is 18.0 Å². The van der Waals surface area contributed by atoms with Crippen molar-refractivity contribution in [2.75, 3.05) is 5.75 Å². The van der Waals surface area contributed by atoms with Crippen LogP contribution in [0.3, 0.4) is 0 Å². The average Bonchev–Trinajstić information content (AvgIpc) is 3.28. The normalized spacial score (nSPS) is 19.0. The summed E-state index contributed by atoms with van der Waals surface area (Å²) in [5, 5.41) is 5.12. The van der Waals surface area contributed by atoms with E-state index in [2.05, 4.69) is 12.2 Å². The van der Waals surface area contributed by atoms with Crippen LogP contribution in [0.15, 0.2) is 27.8 Å². The molecule has 3 aromatic heterocycles. The van der Waals surface area contributed by atoms with Crippen LogP contribution in [0, 0.1) is 5.92 Å². The largest absolute Gasteiger partial charge is 0.467 e. The van der Waals surface area contributed by atoms with Crippen molar-refractivity contribution in [3.63, 3.8) is 0 Å². The highest BCUT2D eigenvalue weighted by Crippen LogP contribution is 2.44. The molecule has 1 saturated carbocycles. The zero-order chi connectivity index (χ0) is 19.1. The summed E-state index contributed by atoms with van der Waals surface area (Å²) >= 11 is 3.39. The Morgan fingerprint density at radius 1 is 1.36 bits per heavy atom. The van der Waals surface area contributed by atoms with E-state index in [4.69, 9.17) is 14.4 Å². The van der Waals surface area contributed by atoms with Gasteiger partial charge in [-0.2, -0.15) is 0 Å². The van der Waals surface area contributed by atoms with Gasteiger partial charge in [0.1, 0.15) is 21.4 Å². The van der Waals surface area contributed by atoms with Crippen LogP contribution in [0.25, 0.3) is 10.2 Å². The van der Waals surface area contributed by atoms with Crippen LogP contribution in [0.2, 0.25) is 0 Å². The molecule has 2 aliphatic carbocycles. The third-order valence-electron chi connectivity index (χ3n) is 5.46. The lowest BCUT2D eigenvalue weighted by Gasteiger charge is -2.18. The van der Waals surface area contributed by atoms with Crippen LogP contribution in [-0.4, -0.2) is 21.6 Å². The number of fused-ring (bicyclic) bond motifs is 3. The van der Waals surface area contributed by atoms with Crippen LogP contribution < -0.4 is 5.32 Å². The molecule has 0 unspecified atom stereocenters. The molecular formula is C21H23N3O2S2. The molecule has 146 valence electrons. The lowest BCUT2D eigenvalue weighted by Crippen LogP contribution is -2.24. The van der Waals surface area contributed by atoms with Crippen LogP contribution in [0.5, 0.6) is 0 Å². The number of nitrogens with zero attached hydrogens (tertiary/aromatic N) is 2. The number of carbonyl (C=O) groups is 1. The first-order chi connectivity index (χ1) is 13.7. The predicted octanol–water partition coefficient (Wildman–Crippen LogP) is 4.70. The number of aryl methyl sites for hydroxylation is 1. The van der Waals surface area contributed by atoms with Crippen LogP contribution in [0.1, 0.15) is 54.1 Å². The summed E-state index contributed by atoms with van der Waals surface area (Å²) in [6, 6.07) is 3.69. The van der Waals surface area contributed by atoms with Gasteiger partial charge >= 0.3 is 0 Å². The van der Waals surface area contributed by atoms with Crippen molar-refractivity contribution in [3.8, 4) is 0 Å². The number of amides is 1. The molecule has 7 heteroatoms. The van der Waals surface area contributed by atoms with Crippen molar-refractivity contribution < 1.29 is 9.21 Å². The summed E-state index contributed by atoms with van der Waals surface area (Å²) < 4.78 is 5.27. The summed E-state index contributed by atoms with van der Waals surface area (Å²) in [5.41, 5.74) is 1.43. The van der Waals surface area contributed by atoms with Gasteiger partial charge < -0.3 is 9.73 Å². The standard InChI is InChI=1S/C21H23N3O2S2/c1-12-4-7-15-16(9-12)28-21-18(15)20(23-19(24-21)13-5-6-13)27-11-17(25)22-10-14-3-2-8-26-14/h2-3,8,12-13H,4-7,9-11H2,1H3,(H,22,25)/t12-/m0/s1. The highest BCUT2D eigenvalue weighted by molar-refractivity contribution is 8.00. The minimum absolute atomic E-state index is 0.00106. The van der Waals surface area contributed by atoms with Crippen molar-refractivity contribution in [1.82, 2.24) is 15.3 Å². The third kappa shape index (κ3) is 3.70. The first-order valence-electron chi connectivity index (χ1n) is 9.91. The molecule has 0 aromatic carbocycles. The minimum Gasteiger partial charge on any atom is -0.467 e. The van der Waals surface area contributed by atoms with Crippen LogP contribution in [0.4, 0.5) is 0 Å². The Morgan fingerprint density at radius 3 is 3.04 bits per heavy atom. The number of furan rings is 1. The average molecular weight is 414 g/mol. The second-order valence-corrected chi connectivity index (χ2v) is 9.89. The number of aromatic nitrogens is 2. The Hall–Kier alpha value is -1.86. The molecule has 0 aliphatic heterocycles. The second kappa shape index (κ2) is 7.52. The highest BCUT2D eigenvalue weighted by atomic mass is 32.2. The molecule has 2 aliphatic rings. The highest BCUT2D eigenvalue weighted by Gasteiger charge is 2.30. The maximum atomic E-state index is 12.3. The van der Waals surface area contributed by atoms with Crippen molar-refractivity contribution >= 4 is 39.2 Å². The Morgan fingerprint density at radius 2 is 2.25 bits per heavy atom. The maximum absolute atomic E-state index is 12.3. The molecule has 1 atom stereocenters. The molecule has 3 heterocycles. The van der Waals surface area contributed by atoms with Crippen molar-refractivity contribution in [1.29, 1.82) is 0 Å². The maximum Gasteiger partial charge on any atom is 0.230 e. The van der Waals surface area contributed by atoms with Gasteiger partial charge in [0.2, 0.25) is 5.91 Å². The molecule has 0 spiro atoms. The van der Waals surface area contributed by atoms with E-state index in [9.17, 15) is 4.79 Å². The molecule has 1 N–H and O–H groups in total. The van der Waals surface area contributed by atoms with Gasteiger partial charge in [-0.15, -0.1) is 11.3 Å². The molecule has 0 bridgehead atoms. The van der Waals surface area contributed by atoms with Crippen LogP contribution >= 0.6 is 23.1 Å². The number of nitrogens with one attached hydrogen (secondary N) is 1. The van der Waals surface area contributed by atoms with Crippen LogP contribution in [-0.2, 0) is 24.2 Å². The summed E-state index contributed by atoms with van der Waals surface area (Å²) in [6.45, 7) is 2.75. The monoisotopic (exact) mass is 413 g/mol. The van der Waals surface area contributed by atoms with E-state index in [1.165, 1.54) is 35.1 Å². The fraction of sp³-hybridized carbons (Fsp3) is 0.476. The first kappa shape index (κ1) is 18.2. The van der Waals surface area contributed by atoms with E-state index < -0.39 is 0 Å². The number of thioether (sulfide) groups is 1. The lowest BCUT2D eigenvalue weighted by molar-refractivity contribution is -0.118. The van der Waals surface area contributed by atoms with Gasteiger partial charge in [0.15, 0.2) is 0 Å². The van der Waals surface area contributed by atoms with Crippen molar-refractivity contribution in [2.45, 2.75) is 56.5 Å². The van der Waals surface area contributed by atoms with Gasteiger partial charge in [0, 0.05) is 16.2 Å². The third-order valence-corrected chi connectivity index (χ3v) is 7.59. The molecule has 3 aromatic rings. The van der Waals surface area contributed by atoms with Gasteiger partial charge in [-0.1, -0.05) is 18.7 Å². The van der Waals surface area contributed by atoms with E-state index >= 15 is 0 Å². The minimum atomic E-state index is -0.00106.